The molecule has 0 bridgehead atoms. The van der Waals surface area contributed by atoms with Crippen molar-refractivity contribution in [3.63, 3.8) is 0 Å². The summed E-state index contributed by atoms with van der Waals surface area (Å²) >= 11 is 0. The number of aromatic amines is 1. The van der Waals surface area contributed by atoms with Crippen molar-refractivity contribution in [2.45, 2.75) is 0 Å². The number of hydrogen-bond donors (Lipinski definition) is 1. The van der Waals surface area contributed by atoms with Crippen molar-refractivity contribution >= 4 is 0 Å². The third-order valence-electron chi connectivity index (χ3n) is 1.68. The first-order chi connectivity index (χ1) is 5.86. The minimum atomic E-state index is 0.0294. The van der Waals surface area contributed by atoms with Gasteiger partial charge in [0.2, 0.25) is 0 Å². The highest BCUT2D eigenvalue weighted by molar-refractivity contribution is 5.28. The lowest BCUT2D eigenvalue weighted by molar-refractivity contribution is 1.04. The topological polar surface area (TPSA) is 37.8 Å². The molecule has 0 saturated carbocycles. The zero-order valence-corrected chi connectivity index (χ0v) is 6.40. The van der Waals surface area contributed by atoms with Gasteiger partial charge in [-0.1, -0.05) is 0 Å². The largest absolute Gasteiger partial charge is 0.366 e. The number of pyridine rings is 1. The summed E-state index contributed by atoms with van der Waals surface area (Å²) in [5.41, 5.74) is 1.05. The molecular weight excluding hydrogens is 152 g/mol. The van der Waals surface area contributed by atoms with E-state index in [1.54, 1.807) is 12.4 Å². The minimum absolute atomic E-state index is 0.0294. The van der Waals surface area contributed by atoms with Crippen molar-refractivity contribution in [1.29, 1.82) is 0 Å². The van der Waals surface area contributed by atoms with E-state index in [9.17, 15) is 4.79 Å². The van der Waals surface area contributed by atoms with E-state index in [0.717, 1.165) is 5.69 Å². The molecular formula is C9H8N2O. The molecule has 0 aromatic carbocycles. The number of hydrogen-bond acceptors (Lipinski definition) is 1. The molecule has 3 nitrogen and oxygen atoms in total. The van der Waals surface area contributed by atoms with E-state index in [4.69, 9.17) is 0 Å². The summed E-state index contributed by atoms with van der Waals surface area (Å²) in [6.07, 6.45) is 7.19. The van der Waals surface area contributed by atoms with Crippen molar-refractivity contribution < 1.29 is 0 Å². The third kappa shape index (κ3) is 1.16. The monoisotopic (exact) mass is 160 g/mol. The van der Waals surface area contributed by atoms with Crippen LogP contribution in [0, 0.1) is 0 Å². The average molecular weight is 160 g/mol. The quantitative estimate of drug-likeness (QED) is 0.668. The van der Waals surface area contributed by atoms with Crippen LogP contribution in [0.4, 0.5) is 0 Å². The Hall–Kier alpha value is -1.77. The molecule has 0 unspecified atom stereocenters. The number of H-pyrrole nitrogens is 1. The highest BCUT2D eigenvalue weighted by Crippen LogP contribution is 2.02. The van der Waals surface area contributed by atoms with Crippen LogP contribution in [0.2, 0.25) is 0 Å². The fourth-order valence-corrected chi connectivity index (χ4v) is 1.06. The van der Waals surface area contributed by atoms with Crippen molar-refractivity contribution in [2.75, 3.05) is 0 Å². The lowest BCUT2D eigenvalue weighted by Crippen LogP contribution is -2.00. The fraction of sp³-hybridized carbons (Fsp3) is 0. The second-order valence-corrected chi connectivity index (χ2v) is 2.51. The highest BCUT2D eigenvalue weighted by Gasteiger charge is 1.91. The molecule has 0 fully saturated rings. The van der Waals surface area contributed by atoms with E-state index in [1.165, 1.54) is 12.1 Å². The van der Waals surface area contributed by atoms with Gasteiger partial charge in [-0.15, -0.1) is 0 Å². The Morgan fingerprint density at radius 1 is 1.17 bits per heavy atom. The highest BCUT2D eigenvalue weighted by atomic mass is 16.1. The van der Waals surface area contributed by atoms with Crippen LogP contribution < -0.4 is 5.43 Å². The maximum Gasteiger partial charge on any atom is 0.181 e. The van der Waals surface area contributed by atoms with Gasteiger partial charge in [-0.2, -0.15) is 0 Å². The molecule has 0 aliphatic heterocycles. The van der Waals surface area contributed by atoms with Gasteiger partial charge < -0.3 is 9.55 Å². The van der Waals surface area contributed by atoms with E-state index in [1.807, 2.05) is 23.0 Å². The summed E-state index contributed by atoms with van der Waals surface area (Å²) in [5.74, 6) is 0. The van der Waals surface area contributed by atoms with E-state index < -0.39 is 0 Å². The van der Waals surface area contributed by atoms with Gasteiger partial charge in [0.25, 0.3) is 0 Å². The molecule has 0 saturated heterocycles. The van der Waals surface area contributed by atoms with E-state index in [0.29, 0.717) is 0 Å². The molecule has 0 spiro atoms. The normalized spacial score (nSPS) is 10.0. The third-order valence-corrected chi connectivity index (χ3v) is 1.68. The molecule has 2 aromatic rings. The molecule has 0 radical (unpaired) electrons. The molecule has 0 aliphatic rings. The first-order valence-corrected chi connectivity index (χ1v) is 3.68. The zero-order chi connectivity index (χ0) is 8.39. The van der Waals surface area contributed by atoms with Crippen molar-refractivity contribution in [1.82, 2.24) is 9.55 Å². The molecule has 2 heterocycles. The Labute approximate surface area is 69.3 Å². The van der Waals surface area contributed by atoms with E-state index in [-0.39, 0.29) is 5.43 Å². The first-order valence-electron chi connectivity index (χ1n) is 3.68. The summed E-state index contributed by atoms with van der Waals surface area (Å²) < 4.78 is 1.87. The lowest BCUT2D eigenvalue weighted by atomic mass is 10.4. The van der Waals surface area contributed by atoms with Gasteiger partial charge in [0.1, 0.15) is 0 Å². The Kier molecular flexibility index (Phi) is 1.55. The smallest absolute Gasteiger partial charge is 0.181 e. The maximum absolute atomic E-state index is 10.8. The molecule has 2 aromatic heterocycles. The Bertz CT molecular complexity index is 394. The van der Waals surface area contributed by atoms with E-state index in [2.05, 4.69) is 4.98 Å². The molecule has 0 aliphatic carbocycles. The Morgan fingerprint density at radius 2 is 1.92 bits per heavy atom. The lowest BCUT2D eigenvalue weighted by Gasteiger charge is -1.99. The number of rotatable bonds is 1. The Balaban J connectivity index is 2.49. The van der Waals surface area contributed by atoms with Crippen LogP contribution in [-0.2, 0) is 0 Å². The standard InChI is InChI=1S/C9H8N2O/c12-9-2-5-11(6-3-9)8-1-4-10-7-8/h1-7,10H. The molecule has 2 rings (SSSR count). The number of aromatic nitrogens is 2. The summed E-state index contributed by atoms with van der Waals surface area (Å²) in [7, 11) is 0. The fourth-order valence-electron chi connectivity index (χ4n) is 1.06. The maximum atomic E-state index is 10.8. The van der Waals surface area contributed by atoms with Crippen LogP contribution in [0.15, 0.2) is 47.8 Å². The van der Waals surface area contributed by atoms with Crippen molar-refractivity contribution in [2.24, 2.45) is 0 Å². The summed E-state index contributed by atoms with van der Waals surface area (Å²) in [5, 5.41) is 0. The Morgan fingerprint density at radius 3 is 2.50 bits per heavy atom. The molecule has 12 heavy (non-hydrogen) atoms. The van der Waals surface area contributed by atoms with Gasteiger partial charge in [-0.25, -0.2) is 0 Å². The molecule has 1 N–H and O–H groups in total. The zero-order valence-electron chi connectivity index (χ0n) is 6.40. The molecule has 60 valence electrons. The minimum Gasteiger partial charge on any atom is -0.366 e. The predicted octanol–water partition coefficient (Wildman–Crippen LogP) is 1.17. The van der Waals surface area contributed by atoms with Crippen LogP contribution in [0.3, 0.4) is 0 Å². The van der Waals surface area contributed by atoms with Crippen LogP contribution in [0.1, 0.15) is 0 Å². The predicted molar refractivity (Wildman–Crippen MR) is 46.4 cm³/mol. The van der Waals surface area contributed by atoms with Gasteiger partial charge >= 0.3 is 0 Å². The number of nitrogens with one attached hydrogen (secondary N) is 1. The summed E-state index contributed by atoms with van der Waals surface area (Å²) in [4.78, 5) is 13.7. The van der Waals surface area contributed by atoms with Gasteiger partial charge in [0, 0.05) is 36.9 Å². The van der Waals surface area contributed by atoms with Crippen LogP contribution in [-0.4, -0.2) is 9.55 Å². The SMILES string of the molecule is O=c1ccn(-c2cc[nH]c2)cc1. The second-order valence-electron chi connectivity index (χ2n) is 2.51. The number of nitrogens with zero attached hydrogens (tertiary/aromatic N) is 1. The van der Waals surface area contributed by atoms with Crippen LogP contribution >= 0.6 is 0 Å². The van der Waals surface area contributed by atoms with Crippen molar-refractivity contribution in [3.8, 4) is 5.69 Å². The first kappa shape index (κ1) is 6.91. The molecule has 0 atom stereocenters. The van der Waals surface area contributed by atoms with Crippen molar-refractivity contribution in [3.05, 3.63) is 53.2 Å². The molecule has 0 amide bonds. The summed E-state index contributed by atoms with van der Waals surface area (Å²) in [6.45, 7) is 0. The van der Waals surface area contributed by atoms with E-state index >= 15 is 0 Å². The van der Waals surface area contributed by atoms with Gasteiger partial charge in [-0.05, 0) is 6.07 Å². The van der Waals surface area contributed by atoms with Crippen LogP contribution in [0.25, 0.3) is 5.69 Å². The summed E-state index contributed by atoms with van der Waals surface area (Å²) in [6, 6.07) is 5.00. The average Bonchev–Trinajstić information content (AvgIpc) is 2.58. The van der Waals surface area contributed by atoms with Gasteiger partial charge in [0.15, 0.2) is 5.43 Å². The van der Waals surface area contributed by atoms with Gasteiger partial charge in [-0.3, -0.25) is 4.79 Å². The van der Waals surface area contributed by atoms with Gasteiger partial charge in [0.05, 0.1) is 5.69 Å². The second kappa shape index (κ2) is 2.70. The van der Waals surface area contributed by atoms with Crippen LogP contribution in [0.5, 0.6) is 0 Å². The molecule has 3 heteroatoms.